The third kappa shape index (κ3) is 3.64. The SMILES string of the molecule is N#Cc1cccc(C(=O)NCc2ccnc(N3CCCC3)n2)c1. The van der Waals surface area contributed by atoms with Gasteiger partial charge in [0.05, 0.1) is 23.9 Å². The third-order valence-corrected chi connectivity index (χ3v) is 3.77. The van der Waals surface area contributed by atoms with Gasteiger partial charge in [0, 0.05) is 24.8 Å². The van der Waals surface area contributed by atoms with Crippen LogP contribution in [0.3, 0.4) is 0 Å². The van der Waals surface area contributed by atoms with Gasteiger partial charge in [-0.25, -0.2) is 9.97 Å². The number of hydrogen-bond donors (Lipinski definition) is 1. The molecule has 116 valence electrons. The standard InChI is InChI=1S/C17H17N5O/c18-11-13-4-3-5-14(10-13)16(23)20-12-15-6-7-19-17(21-15)22-8-1-2-9-22/h3-7,10H,1-2,8-9,12H2,(H,20,23). The third-order valence-electron chi connectivity index (χ3n) is 3.77. The normalized spacial score (nSPS) is 13.6. The lowest BCUT2D eigenvalue weighted by Gasteiger charge is -2.15. The van der Waals surface area contributed by atoms with E-state index in [-0.39, 0.29) is 5.91 Å². The van der Waals surface area contributed by atoms with Gasteiger partial charge < -0.3 is 10.2 Å². The number of nitrogens with zero attached hydrogens (tertiary/aromatic N) is 4. The van der Waals surface area contributed by atoms with Crippen LogP contribution in [-0.4, -0.2) is 29.0 Å². The maximum atomic E-state index is 12.2. The summed E-state index contributed by atoms with van der Waals surface area (Å²) in [4.78, 5) is 23.1. The molecule has 1 fully saturated rings. The van der Waals surface area contributed by atoms with Gasteiger partial charge in [-0.3, -0.25) is 4.79 Å². The lowest BCUT2D eigenvalue weighted by molar-refractivity contribution is 0.0950. The van der Waals surface area contributed by atoms with E-state index in [0.717, 1.165) is 24.7 Å². The zero-order valence-electron chi connectivity index (χ0n) is 12.7. The minimum Gasteiger partial charge on any atom is -0.346 e. The van der Waals surface area contributed by atoms with Crippen LogP contribution in [0.5, 0.6) is 0 Å². The van der Waals surface area contributed by atoms with Crippen LogP contribution >= 0.6 is 0 Å². The number of hydrogen-bond acceptors (Lipinski definition) is 5. The minimum atomic E-state index is -0.219. The van der Waals surface area contributed by atoms with Gasteiger partial charge in [0.2, 0.25) is 5.95 Å². The predicted octanol–water partition coefficient (Wildman–Crippen LogP) is 1.88. The first-order valence-electron chi connectivity index (χ1n) is 7.61. The first-order valence-corrected chi connectivity index (χ1v) is 7.61. The van der Waals surface area contributed by atoms with Crippen LogP contribution in [0, 0.1) is 11.3 Å². The average Bonchev–Trinajstić information content (AvgIpc) is 3.14. The number of nitrogens with one attached hydrogen (secondary N) is 1. The fourth-order valence-corrected chi connectivity index (χ4v) is 2.56. The molecule has 0 bridgehead atoms. The average molecular weight is 307 g/mol. The van der Waals surface area contributed by atoms with Crippen molar-refractivity contribution in [3.8, 4) is 6.07 Å². The van der Waals surface area contributed by atoms with Crippen LogP contribution < -0.4 is 10.2 Å². The van der Waals surface area contributed by atoms with E-state index >= 15 is 0 Å². The van der Waals surface area contributed by atoms with Crippen molar-refractivity contribution in [1.82, 2.24) is 15.3 Å². The number of carbonyl (C=O) groups is 1. The summed E-state index contributed by atoms with van der Waals surface area (Å²) in [6, 6.07) is 10.5. The molecule has 1 saturated heterocycles. The van der Waals surface area contributed by atoms with Crippen LogP contribution in [0.15, 0.2) is 36.5 Å². The number of aromatic nitrogens is 2. The van der Waals surface area contributed by atoms with E-state index in [2.05, 4.69) is 20.2 Å². The molecule has 0 spiro atoms. The highest BCUT2D eigenvalue weighted by atomic mass is 16.1. The highest BCUT2D eigenvalue weighted by Crippen LogP contribution is 2.15. The molecule has 2 aromatic rings. The van der Waals surface area contributed by atoms with E-state index in [1.54, 1.807) is 36.5 Å². The Labute approximate surface area is 134 Å². The van der Waals surface area contributed by atoms with Crippen molar-refractivity contribution in [2.24, 2.45) is 0 Å². The lowest BCUT2D eigenvalue weighted by Crippen LogP contribution is -2.25. The van der Waals surface area contributed by atoms with E-state index in [1.807, 2.05) is 6.07 Å². The molecular formula is C17H17N5O. The van der Waals surface area contributed by atoms with E-state index < -0.39 is 0 Å². The van der Waals surface area contributed by atoms with Gasteiger partial charge in [-0.05, 0) is 37.1 Å². The molecule has 6 heteroatoms. The Balaban J connectivity index is 1.64. The molecule has 1 amide bonds. The molecule has 1 aliphatic rings. The van der Waals surface area contributed by atoms with Gasteiger partial charge in [-0.1, -0.05) is 6.07 Å². The Bertz CT molecular complexity index is 747. The second kappa shape index (κ2) is 6.88. The molecule has 3 rings (SSSR count). The second-order valence-corrected chi connectivity index (χ2v) is 5.42. The predicted molar refractivity (Wildman–Crippen MR) is 85.8 cm³/mol. The summed E-state index contributed by atoms with van der Waals surface area (Å²) in [5.74, 6) is 0.504. The number of nitriles is 1. The summed E-state index contributed by atoms with van der Waals surface area (Å²) >= 11 is 0. The molecule has 0 aliphatic carbocycles. The van der Waals surface area contributed by atoms with Gasteiger partial charge in [-0.15, -0.1) is 0 Å². The van der Waals surface area contributed by atoms with Crippen molar-refractivity contribution in [3.63, 3.8) is 0 Å². The van der Waals surface area contributed by atoms with Gasteiger partial charge in [-0.2, -0.15) is 5.26 Å². The molecule has 2 heterocycles. The topological polar surface area (TPSA) is 81.9 Å². The van der Waals surface area contributed by atoms with Crippen LogP contribution in [0.2, 0.25) is 0 Å². The molecule has 1 N–H and O–H groups in total. The molecule has 1 aromatic carbocycles. The maximum absolute atomic E-state index is 12.2. The quantitative estimate of drug-likeness (QED) is 0.932. The molecule has 1 aliphatic heterocycles. The molecule has 0 atom stereocenters. The largest absolute Gasteiger partial charge is 0.346 e. The van der Waals surface area contributed by atoms with Crippen LogP contribution in [0.25, 0.3) is 0 Å². The zero-order valence-corrected chi connectivity index (χ0v) is 12.7. The summed E-state index contributed by atoms with van der Waals surface area (Å²) in [7, 11) is 0. The van der Waals surface area contributed by atoms with Crippen molar-refractivity contribution in [1.29, 1.82) is 5.26 Å². The zero-order chi connectivity index (χ0) is 16.1. The number of benzene rings is 1. The maximum Gasteiger partial charge on any atom is 0.251 e. The van der Waals surface area contributed by atoms with Gasteiger partial charge in [0.15, 0.2) is 0 Å². The number of carbonyl (C=O) groups excluding carboxylic acids is 1. The first kappa shape index (κ1) is 15.0. The highest BCUT2D eigenvalue weighted by Gasteiger charge is 2.15. The van der Waals surface area contributed by atoms with Gasteiger partial charge >= 0.3 is 0 Å². The van der Waals surface area contributed by atoms with Gasteiger partial charge in [0.1, 0.15) is 0 Å². The monoisotopic (exact) mass is 307 g/mol. The Morgan fingerprint density at radius 2 is 2.13 bits per heavy atom. The molecule has 1 aromatic heterocycles. The second-order valence-electron chi connectivity index (χ2n) is 5.42. The fraction of sp³-hybridized carbons (Fsp3) is 0.294. The van der Waals surface area contributed by atoms with E-state index in [0.29, 0.717) is 17.7 Å². The van der Waals surface area contributed by atoms with Gasteiger partial charge in [0.25, 0.3) is 5.91 Å². The Morgan fingerprint density at radius 3 is 2.91 bits per heavy atom. The molecule has 0 saturated carbocycles. The molecule has 6 nitrogen and oxygen atoms in total. The van der Waals surface area contributed by atoms with Crippen molar-refractivity contribution >= 4 is 11.9 Å². The van der Waals surface area contributed by atoms with Crippen molar-refractivity contribution in [2.75, 3.05) is 18.0 Å². The smallest absolute Gasteiger partial charge is 0.251 e. The minimum absolute atomic E-state index is 0.219. The molecule has 0 radical (unpaired) electrons. The van der Waals surface area contributed by atoms with Crippen molar-refractivity contribution < 1.29 is 4.79 Å². The van der Waals surface area contributed by atoms with Crippen LogP contribution in [-0.2, 0) is 6.54 Å². The highest BCUT2D eigenvalue weighted by molar-refractivity contribution is 5.94. The summed E-state index contributed by atoms with van der Waals surface area (Å²) in [6.45, 7) is 2.30. The lowest BCUT2D eigenvalue weighted by atomic mass is 10.1. The number of rotatable bonds is 4. The number of anilines is 1. The summed E-state index contributed by atoms with van der Waals surface area (Å²) in [6.07, 6.45) is 4.05. The summed E-state index contributed by atoms with van der Waals surface area (Å²) in [5, 5.41) is 11.7. The molecular weight excluding hydrogens is 290 g/mol. The fourth-order valence-electron chi connectivity index (χ4n) is 2.56. The summed E-state index contributed by atoms with van der Waals surface area (Å²) < 4.78 is 0. The van der Waals surface area contributed by atoms with Crippen LogP contribution in [0.1, 0.15) is 34.5 Å². The molecule has 0 unspecified atom stereocenters. The van der Waals surface area contributed by atoms with Crippen LogP contribution in [0.4, 0.5) is 5.95 Å². The Hall–Kier alpha value is -2.94. The van der Waals surface area contributed by atoms with Crippen molar-refractivity contribution in [3.05, 3.63) is 53.3 Å². The Morgan fingerprint density at radius 1 is 1.30 bits per heavy atom. The first-order chi connectivity index (χ1) is 11.3. The van der Waals surface area contributed by atoms with E-state index in [9.17, 15) is 4.79 Å². The molecule has 23 heavy (non-hydrogen) atoms. The van der Waals surface area contributed by atoms with E-state index in [4.69, 9.17) is 5.26 Å². The summed E-state index contributed by atoms with van der Waals surface area (Å²) in [5.41, 5.74) is 1.71. The number of amides is 1. The van der Waals surface area contributed by atoms with Crippen molar-refractivity contribution in [2.45, 2.75) is 19.4 Å². The Kier molecular flexibility index (Phi) is 4.48. The van der Waals surface area contributed by atoms with E-state index in [1.165, 1.54) is 12.8 Å².